The molecule has 3 heteroatoms. The second kappa shape index (κ2) is 4.85. The Balaban J connectivity index is 2.07. The summed E-state index contributed by atoms with van der Waals surface area (Å²) >= 11 is 0. The van der Waals surface area contributed by atoms with Crippen molar-refractivity contribution in [3.05, 3.63) is 29.3 Å². The predicted molar refractivity (Wildman–Crippen MR) is 63.7 cm³/mol. The van der Waals surface area contributed by atoms with Crippen LogP contribution in [0.2, 0.25) is 0 Å². The number of hydrogen-bond acceptors (Lipinski definition) is 3. The van der Waals surface area contributed by atoms with Gasteiger partial charge in [0.05, 0.1) is 6.61 Å². The largest absolute Gasteiger partial charge is 0.486 e. The fourth-order valence-electron chi connectivity index (χ4n) is 2.03. The molecule has 2 rings (SSSR count). The van der Waals surface area contributed by atoms with Gasteiger partial charge in [-0.3, -0.25) is 0 Å². The quantitative estimate of drug-likeness (QED) is 0.828. The van der Waals surface area contributed by atoms with Crippen molar-refractivity contribution in [3.63, 3.8) is 0 Å². The molecule has 0 bridgehead atoms. The summed E-state index contributed by atoms with van der Waals surface area (Å²) in [5.41, 5.74) is 8.42. The van der Waals surface area contributed by atoms with E-state index >= 15 is 0 Å². The minimum atomic E-state index is -0.0186. The van der Waals surface area contributed by atoms with E-state index in [-0.39, 0.29) is 12.1 Å². The minimum Gasteiger partial charge on any atom is -0.486 e. The molecule has 1 aliphatic rings. The molecular formula is C13H19NO2. The third-order valence-corrected chi connectivity index (χ3v) is 2.84. The van der Waals surface area contributed by atoms with Crippen LogP contribution in [0.3, 0.4) is 0 Å². The van der Waals surface area contributed by atoms with Crippen molar-refractivity contribution >= 4 is 0 Å². The number of aryl methyl sites for hydroxylation is 2. The van der Waals surface area contributed by atoms with Crippen LogP contribution in [-0.4, -0.2) is 25.4 Å². The molecule has 0 amide bonds. The molecule has 2 unspecified atom stereocenters. The molecule has 3 nitrogen and oxygen atoms in total. The first-order chi connectivity index (χ1) is 7.65. The molecule has 88 valence electrons. The van der Waals surface area contributed by atoms with Crippen LogP contribution < -0.4 is 10.5 Å². The number of benzene rings is 1. The molecule has 1 saturated heterocycles. The zero-order valence-electron chi connectivity index (χ0n) is 9.90. The van der Waals surface area contributed by atoms with Crippen molar-refractivity contribution in [3.8, 4) is 5.75 Å². The van der Waals surface area contributed by atoms with Crippen LogP contribution in [0, 0.1) is 13.8 Å². The van der Waals surface area contributed by atoms with Crippen molar-refractivity contribution < 1.29 is 9.47 Å². The average Bonchev–Trinajstić information content (AvgIpc) is 2.20. The van der Waals surface area contributed by atoms with Gasteiger partial charge in [-0.2, -0.15) is 0 Å². The fourth-order valence-corrected chi connectivity index (χ4v) is 2.03. The second-order valence-corrected chi connectivity index (χ2v) is 4.51. The molecule has 0 saturated carbocycles. The van der Waals surface area contributed by atoms with Crippen LogP contribution in [0.25, 0.3) is 0 Å². The lowest BCUT2D eigenvalue weighted by atomic mass is 10.1. The maximum Gasteiger partial charge on any atom is 0.137 e. The molecule has 0 spiro atoms. The molecule has 0 aromatic heterocycles. The van der Waals surface area contributed by atoms with Gasteiger partial charge in [0.25, 0.3) is 0 Å². The lowest BCUT2D eigenvalue weighted by Crippen LogP contribution is -2.46. The van der Waals surface area contributed by atoms with Gasteiger partial charge in [-0.05, 0) is 43.5 Å². The molecule has 1 aromatic rings. The first-order valence-corrected chi connectivity index (χ1v) is 5.73. The Bertz CT molecular complexity index is 345. The highest BCUT2D eigenvalue weighted by Gasteiger charge is 2.24. The van der Waals surface area contributed by atoms with Crippen LogP contribution in [0.5, 0.6) is 5.75 Å². The molecule has 1 aliphatic heterocycles. The molecule has 0 radical (unpaired) electrons. The van der Waals surface area contributed by atoms with E-state index < -0.39 is 0 Å². The normalized spacial score (nSPS) is 25.4. The zero-order chi connectivity index (χ0) is 11.5. The molecule has 2 N–H and O–H groups in total. The highest BCUT2D eigenvalue weighted by atomic mass is 16.5. The summed E-state index contributed by atoms with van der Waals surface area (Å²) in [6, 6.07) is 6.28. The van der Waals surface area contributed by atoms with Crippen molar-refractivity contribution in [2.45, 2.75) is 32.4 Å². The summed E-state index contributed by atoms with van der Waals surface area (Å²) < 4.78 is 11.3. The Kier molecular flexibility index (Phi) is 3.46. The van der Waals surface area contributed by atoms with Crippen molar-refractivity contribution in [2.24, 2.45) is 5.73 Å². The van der Waals surface area contributed by atoms with Crippen molar-refractivity contribution in [1.29, 1.82) is 0 Å². The van der Waals surface area contributed by atoms with Gasteiger partial charge in [0, 0.05) is 12.6 Å². The van der Waals surface area contributed by atoms with Crippen LogP contribution >= 0.6 is 0 Å². The van der Waals surface area contributed by atoms with E-state index in [1.54, 1.807) is 0 Å². The first-order valence-electron chi connectivity index (χ1n) is 5.73. The number of nitrogens with two attached hydrogens (primary N) is 1. The molecule has 1 fully saturated rings. The second-order valence-electron chi connectivity index (χ2n) is 4.51. The molecule has 1 aromatic carbocycles. The van der Waals surface area contributed by atoms with Crippen LogP contribution in [-0.2, 0) is 4.74 Å². The third kappa shape index (κ3) is 2.74. The molecule has 0 aliphatic carbocycles. The number of hydrogen-bond donors (Lipinski definition) is 1. The van der Waals surface area contributed by atoms with Gasteiger partial charge >= 0.3 is 0 Å². The molecule has 16 heavy (non-hydrogen) atoms. The fraction of sp³-hybridized carbons (Fsp3) is 0.538. The SMILES string of the molecule is Cc1cc(C)cc(OC2COCCC2N)c1. The van der Waals surface area contributed by atoms with Crippen LogP contribution in [0.4, 0.5) is 0 Å². The summed E-state index contributed by atoms with van der Waals surface area (Å²) in [5.74, 6) is 0.892. The van der Waals surface area contributed by atoms with E-state index in [0.717, 1.165) is 18.8 Å². The summed E-state index contributed by atoms with van der Waals surface area (Å²) in [6.07, 6.45) is 0.852. The molecule has 2 atom stereocenters. The summed E-state index contributed by atoms with van der Waals surface area (Å²) in [4.78, 5) is 0. The Hall–Kier alpha value is -1.06. The lowest BCUT2D eigenvalue weighted by Gasteiger charge is -2.29. The maximum atomic E-state index is 6.00. The Labute approximate surface area is 96.5 Å². The first kappa shape index (κ1) is 11.4. The topological polar surface area (TPSA) is 44.5 Å². The highest BCUT2D eigenvalue weighted by molar-refractivity contribution is 5.33. The smallest absolute Gasteiger partial charge is 0.137 e. The van der Waals surface area contributed by atoms with E-state index in [9.17, 15) is 0 Å². The summed E-state index contributed by atoms with van der Waals surface area (Å²) in [5, 5.41) is 0. The van der Waals surface area contributed by atoms with Gasteiger partial charge in [-0.15, -0.1) is 0 Å². The standard InChI is InChI=1S/C13H19NO2/c1-9-5-10(2)7-11(6-9)16-13-8-15-4-3-12(13)14/h5-7,12-13H,3-4,8,14H2,1-2H3. The van der Waals surface area contributed by atoms with Gasteiger partial charge in [0.2, 0.25) is 0 Å². The van der Waals surface area contributed by atoms with Crippen LogP contribution in [0.15, 0.2) is 18.2 Å². The summed E-state index contributed by atoms with van der Waals surface area (Å²) in [6.45, 7) is 5.47. The Morgan fingerprint density at radius 2 is 1.94 bits per heavy atom. The number of ether oxygens (including phenoxy) is 2. The Morgan fingerprint density at radius 3 is 2.56 bits per heavy atom. The molecule has 1 heterocycles. The van der Waals surface area contributed by atoms with Crippen molar-refractivity contribution in [2.75, 3.05) is 13.2 Å². The number of rotatable bonds is 2. The van der Waals surface area contributed by atoms with Gasteiger partial charge in [0.15, 0.2) is 0 Å². The van der Waals surface area contributed by atoms with Crippen molar-refractivity contribution in [1.82, 2.24) is 0 Å². The van der Waals surface area contributed by atoms with E-state index in [4.69, 9.17) is 15.2 Å². The van der Waals surface area contributed by atoms with E-state index in [1.807, 2.05) is 12.1 Å². The van der Waals surface area contributed by atoms with Gasteiger partial charge in [0.1, 0.15) is 11.9 Å². The summed E-state index contributed by atoms with van der Waals surface area (Å²) in [7, 11) is 0. The average molecular weight is 221 g/mol. The Morgan fingerprint density at radius 1 is 1.25 bits per heavy atom. The van der Waals surface area contributed by atoms with Gasteiger partial charge < -0.3 is 15.2 Å². The van der Waals surface area contributed by atoms with E-state index in [0.29, 0.717) is 6.61 Å². The zero-order valence-corrected chi connectivity index (χ0v) is 9.90. The maximum absolute atomic E-state index is 6.00. The minimum absolute atomic E-state index is 0.0186. The predicted octanol–water partition coefficient (Wildman–Crippen LogP) is 1.80. The van der Waals surface area contributed by atoms with E-state index in [2.05, 4.69) is 19.9 Å². The highest BCUT2D eigenvalue weighted by Crippen LogP contribution is 2.20. The van der Waals surface area contributed by atoms with E-state index in [1.165, 1.54) is 11.1 Å². The third-order valence-electron chi connectivity index (χ3n) is 2.84. The monoisotopic (exact) mass is 221 g/mol. The lowest BCUT2D eigenvalue weighted by molar-refractivity contribution is -0.00535. The van der Waals surface area contributed by atoms with Gasteiger partial charge in [-0.25, -0.2) is 0 Å². The molecular weight excluding hydrogens is 202 g/mol. The van der Waals surface area contributed by atoms with Crippen LogP contribution in [0.1, 0.15) is 17.5 Å². The van der Waals surface area contributed by atoms with Gasteiger partial charge in [-0.1, -0.05) is 6.07 Å².